The summed E-state index contributed by atoms with van der Waals surface area (Å²) in [6.45, 7) is 4.71. The fraction of sp³-hybridized carbons (Fsp3) is 0.692. The second-order valence-electron chi connectivity index (χ2n) is 5.82. The number of rotatable bonds is 0. The molecule has 0 spiro atoms. The van der Waals surface area contributed by atoms with Crippen LogP contribution >= 0.6 is 0 Å². The number of fused-ring (bicyclic) bond motifs is 1. The van der Waals surface area contributed by atoms with Crippen LogP contribution in [0.25, 0.3) is 0 Å². The van der Waals surface area contributed by atoms with Crippen LogP contribution in [0, 0.1) is 5.41 Å². The lowest BCUT2D eigenvalue weighted by molar-refractivity contribution is 0.311. The van der Waals surface area contributed by atoms with Crippen LogP contribution < -0.4 is 11.1 Å². The topological polar surface area (TPSA) is 38.0 Å². The summed E-state index contributed by atoms with van der Waals surface area (Å²) in [6, 6.07) is 0.509. The van der Waals surface area contributed by atoms with E-state index < -0.39 is 0 Å². The summed E-state index contributed by atoms with van der Waals surface area (Å²) in [5.41, 5.74) is 12.2. The van der Waals surface area contributed by atoms with Crippen molar-refractivity contribution in [3.63, 3.8) is 0 Å². The average molecular weight is 204 g/mol. The third kappa shape index (κ3) is 1.17. The molecule has 1 atom stereocenters. The second-order valence-corrected chi connectivity index (χ2v) is 5.82. The molecular formula is C13H20N2. The quantitative estimate of drug-likeness (QED) is 0.636. The third-order valence-electron chi connectivity index (χ3n) is 4.38. The smallest absolute Gasteiger partial charge is 0.0544 e. The maximum absolute atomic E-state index is 6.31. The zero-order valence-electron chi connectivity index (χ0n) is 9.69. The SMILES string of the molecule is CC1(C)CCC2=C(N)C3=C(CCC3)NC21. The summed E-state index contributed by atoms with van der Waals surface area (Å²) in [6.07, 6.45) is 6.12. The minimum Gasteiger partial charge on any atom is -0.398 e. The lowest BCUT2D eigenvalue weighted by Gasteiger charge is -2.34. The molecule has 0 radical (unpaired) electrons. The summed E-state index contributed by atoms with van der Waals surface area (Å²) < 4.78 is 0. The first-order valence-corrected chi connectivity index (χ1v) is 6.07. The molecule has 15 heavy (non-hydrogen) atoms. The molecule has 1 saturated carbocycles. The van der Waals surface area contributed by atoms with Crippen molar-refractivity contribution in [2.45, 2.75) is 52.0 Å². The molecule has 82 valence electrons. The Kier molecular flexibility index (Phi) is 1.74. The standard InChI is InChI=1S/C13H20N2/c1-13(2)7-6-9-11(14)8-4-3-5-10(8)15-12(9)13/h12,15H,3-7,14H2,1-2H3. The maximum atomic E-state index is 6.31. The van der Waals surface area contributed by atoms with Gasteiger partial charge in [0, 0.05) is 11.4 Å². The number of allylic oxidation sites excluding steroid dienone is 2. The van der Waals surface area contributed by atoms with Gasteiger partial charge >= 0.3 is 0 Å². The summed E-state index contributed by atoms with van der Waals surface area (Å²) in [5.74, 6) is 0. The van der Waals surface area contributed by atoms with Gasteiger partial charge in [-0.3, -0.25) is 0 Å². The Balaban J connectivity index is 2.05. The van der Waals surface area contributed by atoms with Crippen molar-refractivity contribution in [3.05, 3.63) is 22.5 Å². The monoisotopic (exact) mass is 204 g/mol. The van der Waals surface area contributed by atoms with E-state index >= 15 is 0 Å². The minimum absolute atomic E-state index is 0.376. The third-order valence-corrected chi connectivity index (χ3v) is 4.38. The van der Waals surface area contributed by atoms with Crippen molar-refractivity contribution in [2.24, 2.45) is 11.1 Å². The Hall–Kier alpha value is -0.920. The van der Waals surface area contributed by atoms with Gasteiger partial charge < -0.3 is 11.1 Å². The molecule has 1 heterocycles. The van der Waals surface area contributed by atoms with E-state index in [2.05, 4.69) is 19.2 Å². The van der Waals surface area contributed by atoms with Gasteiger partial charge in [0.25, 0.3) is 0 Å². The number of nitrogens with one attached hydrogen (secondary N) is 1. The zero-order chi connectivity index (χ0) is 10.6. The van der Waals surface area contributed by atoms with Crippen LogP contribution in [0.1, 0.15) is 46.0 Å². The lowest BCUT2D eigenvalue weighted by atomic mass is 9.84. The van der Waals surface area contributed by atoms with E-state index in [-0.39, 0.29) is 0 Å². The molecule has 3 N–H and O–H groups in total. The van der Waals surface area contributed by atoms with Crippen molar-refractivity contribution in [1.29, 1.82) is 0 Å². The number of hydrogen-bond donors (Lipinski definition) is 2. The first-order valence-electron chi connectivity index (χ1n) is 6.07. The van der Waals surface area contributed by atoms with E-state index in [4.69, 9.17) is 5.73 Å². The van der Waals surface area contributed by atoms with Gasteiger partial charge in [-0.05, 0) is 48.7 Å². The predicted molar refractivity (Wildman–Crippen MR) is 62.0 cm³/mol. The highest BCUT2D eigenvalue weighted by Gasteiger charge is 2.43. The fourth-order valence-electron chi connectivity index (χ4n) is 3.36. The Labute approximate surface area is 91.6 Å². The number of hydrogen-bond acceptors (Lipinski definition) is 2. The van der Waals surface area contributed by atoms with E-state index in [9.17, 15) is 0 Å². The van der Waals surface area contributed by atoms with Gasteiger partial charge in [0.05, 0.1) is 6.04 Å². The molecule has 0 aromatic rings. The molecule has 1 fully saturated rings. The molecule has 3 rings (SSSR count). The molecule has 2 heteroatoms. The van der Waals surface area contributed by atoms with E-state index in [1.807, 2.05) is 0 Å². The first-order chi connectivity index (χ1) is 7.09. The van der Waals surface area contributed by atoms with Gasteiger partial charge in [-0.25, -0.2) is 0 Å². The van der Waals surface area contributed by atoms with Crippen molar-refractivity contribution in [2.75, 3.05) is 0 Å². The number of nitrogens with two attached hydrogens (primary N) is 1. The largest absolute Gasteiger partial charge is 0.398 e. The van der Waals surface area contributed by atoms with Gasteiger partial charge in [-0.2, -0.15) is 0 Å². The van der Waals surface area contributed by atoms with E-state index in [1.54, 1.807) is 0 Å². The summed E-state index contributed by atoms with van der Waals surface area (Å²) in [5, 5.41) is 3.74. The lowest BCUT2D eigenvalue weighted by Crippen LogP contribution is -2.41. The number of dihydropyridines is 1. The maximum Gasteiger partial charge on any atom is 0.0544 e. The molecule has 0 saturated heterocycles. The first kappa shape index (κ1) is 9.32. The molecule has 0 aromatic carbocycles. The highest BCUT2D eigenvalue weighted by atomic mass is 15.0. The molecule has 2 nitrogen and oxygen atoms in total. The van der Waals surface area contributed by atoms with Crippen LogP contribution in [0.3, 0.4) is 0 Å². The molecule has 3 aliphatic rings. The molecule has 1 unspecified atom stereocenters. The van der Waals surface area contributed by atoms with Crippen LogP contribution in [-0.2, 0) is 0 Å². The predicted octanol–water partition coefficient (Wildman–Crippen LogP) is 2.43. The van der Waals surface area contributed by atoms with E-state index in [1.165, 1.54) is 48.9 Å². The van der Waals surface area contributed by atoms with Crippen LogP contribution in [0.5, 0.6) is 0 Å². The van der Waals surface area contributed by atoms with Gasteiger partial charge in [0.1, 0.15) is 0 Å². The summed E-state index contributed by atoms with van der Waals surface area (Å²) in [7, 11) is 0. The fourth-order valence-corrected chi connectivity index (χ4v) is 3.36. The molecule has 0 aromatic heterocycles. The van der Waals surface area contributed by atoms with E-state index in [0.29, 0.717) is 11.5 Å². The average Bonchev–Trinajstić information content (AvgIpc) is 2.73. The van der Waals surface area contributed by atoms with Crippen molar-refractivity contribution in [3.8, 4) is 0 Å². The molecule has 1 aliphatic heterocycles. The Morgan fingerprint density at radius 2 is 2.07 bits per heavy atom. The van der Waals surface area contributed by atoms with Gasteiger partial charge in [-0.1, -0.05) is 13.8 Å². The van der Waals surface area contributed by atoms with Crippen molar-refractivity contribution in [1.82, 2.24) is 5.32 Å². The molecular weight excluding hydrogens is 184 g/mol. The van der Waals surface area contributed by atoms with Gasteiger partial charge in [0.2, 0.25) is 0 Å². The molecule has 0 bridgehead atoms. The van der Waals surface area contributed by atoms with Crippen LogP contribution in [0.15, 0.2) is 22.5 Å². The van der Waals surface area contributed by atoms with Crippen molar-refractivity contribution < 1.29 is 0 Å². The van der Waals surface area contributed by atoms with Gasteiger partial charge in [0.15, 0.2) is 0 Å². The van der Waals surface area contributed by atoms with Crippen LogP contribution in [-0.4, -0.2) is 6.04 Å². The summed E-state index contributed by atoms with van der Waals surface area (Å²) in [4.78, 5) is 0. The van der Waals surface area contributed by atoms with Crippen molar-refractivity contribution >= 4 is 0 Å². The summed E-state index contributed by atoms with van der Waals surface area (Å²) >= 11 is 0. The molecule has 0 amide bonds. The van der Waals surface area contributed by atoms with E-state index in [0.717, 1.165) is 5.70 Å². The highest BCUT2D eigenvalue weighted by Crippen LogP contribution is 2.47. The van der Waals surface area contributed by atoms with Gasteiger partial charge in [-0.15, -0.1) is 0 Å². The molecule has 2 aliphatic carbocycles. The second kappa shape index (κ2) is 2.81. The Morgan fingerprint density at radius 3 is 2.87 bits per heavy atom. The minimum atomic E-state index is 0.376. The van der Waals surface area contributed by atoms with Crippen LogP contribution in [0.4, 0.5) is 0 Å². The Bertz CT molecular complexity index is 374. The van der Waals surface area contributed by atoms with Crippen LogP contribution in [0.2, 0.25) is 0 Å². The highest BCUT2D eigenvalue weighted by molar-refractivity contribution is 5.46. The normalized spacial score (nSPS) is 32.8. The zero-order valence-corrected chi connectivity index (χ0v) is 9.69. The Morgan fingerprint density at radius 1 is 1.27 bits per heavy atom.